The summed E-state index contributed by atoms with van der Waals surface area (Å²) in [6.45, 7) is 2.04. The van der Waals surface area contributed by atoms with Crippen LogP contribution in [0.5, 0.6) is 5.75 Å². The number of aryl methyl sites for hydroxylation is 1. The molecule has 0 bridgehead atoms. The first-order valence-electron chi connectivity index (χ1n) is 12.8. The highest BCUT2D eigenvalue weighted by Gasteiger charge is 2.42. The molecule has 4 rings (SSSR count). The van der Waals surface area contributed by atoms with E-state index in [2.05, 4.69) is 4.74 Å². The van der Waals surface area contributed by atoms with Crippen LogP contribution < -0.4 is 4.74 Å². The fraction of sp³-hybridized carbons (Fsp3) is 0.400. The SMILES string of the molecule is CCCc1ccc(-c2ccc(C3CCC(C(F)(F)Cc4ccc(OC(F)(F)F)c(F)c4)CC3)cc2)c(F)c1. The van der Waals surface area contributed by atoms with Gasteiger partial charge in [0.05, 0.1) is 0 Å². The van der Waals surface area contributed by atoms with Crippen molar-refractivity contribution in [2.45, 2.75) is 70.1 Å². The van der Waals surface area contributed by atoms with Gasteiger partial charge in [0.15, 0.2) is 11.6 Å². The summed E-state index contributed by atoms with van der Waals surface area (Å²) in [7, 11) is 0. The Balaban J connectivity index is 1.36. The molecule has 1 nitrogen and oxygen atoms in total. The van der Waals surface area contributed by atoms with Gasteiger partial charge in [-0.15, -0.1) is 13.2 Å². The first-order valence-corrected chi connectivity index (χ1v) is 12.8. The van der Waals surface area contributed by atoms with Crippen molar-refractivity contribution in [2.24, 2.45) is 5.92 Å². The van der Waals surface area contributed by atoms with Gasteiger partial charge in [0.2, 0.25) is 0 Å². The lowest BCUT2D eigenvalue weighted by molar-refractivity contribution is -0.275. The third kappa shape index (κ3) is 6.88. The van der Waals surface area contributed by atoms with Crippen LogP contribution in [0, 0.1) is 17.6 Å². The Morgan fingerprint density at radius 1 is 0.763 bits per heavy atom. The van der Waals surface area contributed by atoms with E-state index in [0.717, 1.165) is 41.7 Å². The lowest BCUT2D eigenvalue weighted by Gasteiger charge is -2.34. The molecule has 0 N–H and O–H groups in total. The van der Waals surface area contributed by atoms with Crippen molar-refractivity contribution >= 4 is 0 Å². The van der Waals surface area contributed by atoms with Crippen LogP contribution >= 0.6 is 0 Å². The Kier molecular flexibility index (Phi) is 8.38. The summed E-state index contributed by atoms with van der Waals surface area (Å²) in [6, 6.07) is 15.3. The average Bonchev–Trinajstić information content (AvgIpc) is 2.85. The normalized spacial score (nSPS) is 18.4. The summed E-state index contributed by atoms with van der Waals surface area (Å²) in [4.78, 5) is 0. The van der Waals surface area contributed by atoms with Gasteiger partial charge in [0.1, 0.15) is 5.82 Å². The van der Waals surface area contributed by atoms with Gasteiger partial charge in [0.25, 0.3) is 5.92 Å². The molecule has 0 spiro atoms. The van der Waals surface area contributed by atoms with Crippen LogP contribution in [-0.4, -0.2) is 12.3 Å². The molecule has 0 heterocycles. The van der Waals surface area contributed by atoms with Crippen LogP contribution in [0.25, 0.3) is 11.1 Å². The molecule has 0 amide bonds. The number of benzene rings is 3. The molecular formula is C30H29F7O. The minimum absolute atomic E-state index is 0.0882. The molecule has 204 valence electrons. The Hall–Kier alpha value is -3.03. The fourth-order valence-electron chi connectivity index (χ4n) is 5.30. The average molecular weight is 539 g/mol. The highest BCUT2D eigenvalue weighted by atomic mass is 19.4. The third-order valence-electron chi connectivity index (χ3n) is 7.25. The first-order chi connectivity index (χ1) is 17.9. The maximum absolute atomic E-state index is 15.0. The number of hydrogen-bond donors (Lipinski definition) is 0. The molecule has 8 heteroatoms. The lowest BCUT2D eigenvalue weighted by atomic mass is 9.75. The molecule has 1 fully saturated rings. The minimum atomic E-state index is -5.07. The van der Waals surface area contributed by atoms with Gasteiger partial charge in [-0.3, -0.25) is 0 Å². The predicted molar refractivity (Wildman–Crippen MR) is 132 cm³/mol. The standard InChI is InChI=1S/C30H29F7O/c1-2-3-19-4-14-25(26(31)16-19)23-8-6-21(7-9-23)22-10-12-24(13-11-22)29(33,34)18-20-5-15-28(27(32)17-20)38-30(35,36)37/h4-9,14-17,22,24H,2-3,10-13,18H2,1H3. The van der Waals surface area contributed by atoms with Crippen LogP contribution in [0.15, 0.2) is 60.7 Å². The molecule has 0 radical (unpaired) electrons. The van der Waals surface area contributed by atoms with E-state index < -0.39 is 36.2 Å². The highest BCUT2D eigenvalue weighted by Crippen LogP contribution is 2.44. The van der Waals surface area contributed by atoms with Crippen molar-refractivity contribution in [3.8, 4) is 16.9 Å². The summed E-state index contributed by atoms with van der Waals surface area (Å²) < 4.78 is 99.1. The van der Waals surface area contributed by atoms with E-state index in [9.17, 15) is 22.0 Å². The van der Waals surface area contributed by atoms with E-state index in [-0.39, 0.29) is 30.1 Å². The summed E-state index contributed by atoms with van der Waals surface area (Å²) in [5, 5.41) is 0. The van der Waals surface area contributed by atoms with E-state index in [0.29, 0.717) is 24.5 Å². The molecular weight excluding hydrogens is 509 g/mol. The number of hydrogen-bond acceptors (Lipinski definition) is 1. The topological polar surface area (TPSA) is 9.23 Å². The molecule has 0 aliphatic heterocycles. The molecule has 0 atom stereocenters. The lowest BCUT2D eigenvalue weighted by Crippen LogP contribution is -2.33. The summed E-state index contributed by atoms with van der Waals surface area (Å²) in [5.74, 6) is -6.59. The van der Waals surface area contributed by atoms with E-state index in [1.54, 1.807) is 12.1 Å². The molecule has 1 aliphatic rings. The van der Waals surface area contributed by atoms with Crippen molar-refractivity contribution < 1.29 is 35.5 Å². The van der Waals surface area contributed by atoms with Gasteiger partial charge in [0, 0.05) is 17.9 Å². The second kappa shape index (κ2) is 11.4. The Morgan fingerprint density at radius 3 is 1.97 bits per heavy atom. The minimum Gasteiger partial charge on any atom is -0.403 e. The zero-order chi connectivity index (χ0) is 27.5. The Bertz CT molecular complexity index is 1230. The van der Waals surface area contributed by atoms with Crippen LogP contribution in [0.4, 0.5) is 30.7 Å². The third-order valence-corrected chi connectivity index (χ3v) is 7.25. The van der Waals surface area contributed by atoms with Crippen LogP contribution in [0.2, 0.25) is 0 Å². The van der Waals surface area contributed by atoms with E-state index in [4.69, 9.17) is 0 Å². The van der Waals surface area contributed by atoms with E-state index in [1.165, 1.54) is 0 Å². The highest BCUT2D eigenvalue weighted by molar-refractivity contribution is 5.65. The fourth-order valence-corrected chi connectivity index (χ4v) is 5.30. The summed E-state index contributed by atoms with van der Waals surface area (Å²) >= 11 is 0. The molecule has 0 unspecified atom stereocenters. The molecule has 38 heavy (non-hydrogen) atoms. The first kappa shape index (κ1) is 28.0. The Morgan fingerprint density at radius 2 is 1.39 bits per heavy atom. The van der Waals surface area contributed by atoms with Gasteiger partial charge in [-0.05, 0) is 78.5 Å². The zero-order valence-electron chi connectivity index (χ0n) is 20.9. The van der Waals surface area contributed by atoms with Crippen molar-refractivity contribution in [3.05, 3.63) is 89.0 Å². The van der Waals surface area contributed by atoms with Crippen molar-refractivity contribution in [1.82, 2.24) is 0 Å². The monoisotopic (exact) mass is 538 g/mol. The maximum atomic E-state index is 15.0. The summed E-state index contributed by atoms with van der Waals surface area (Å²) in [6.07, 6.45) is -2.44. The number of alkyl halides is 5. The van der Waals surface area contributed by atoms with Crippen molar-refractivity contribution in [1.29, 1.82) is 0 Å². The van der Waals surface area contributed by atoms with E-state index >= 15 is 8.78 Å². The quantitative estimate of drug-likeness (QED) is 0.260. The number of ether oxygens (including phenoxy) is 1. The van der Waals surface area contributed by atoms with Crippen LogP contribution in [-0.2, 0) is 12.8 Å². The molecule has 0 aromatic heterocycles. The van der Waals surface area contributed by atoms with Crippen LogP contribution in [0.1, 0.15) is 61.6 Å². The second-order valence-corrected chi connectivity index (χ2v) is 9.99. The van der Waals surface area contributed by atoms with Gasteiger partial charge >= 0.3 is 6.36 Å². The van der Waals surface area contributed by atoms with Crippen molar-refractivity contribution in [3.63, 3.8) is 0 Å². The molecule has 1 aliphatic carbocycles. The molecule has 1 saturated carbocycles. The number of halogens is 7. The van der Waals surface area contributed by atoms with Crippen LogP contribution in [0.3, 0.4) is 0 Å². The van der Waals surface area contributed by atoms with Gasteiger partial charge in [-0.1, -0.05) is 55.8 Å². The van der Waals surface area contributed by atoms with Gasteiger partial charge in [-0.25, -0.2) is 17.6 Å². The number of rotatable bonds is 8. The summed E-state index contributed by atoms with van der Waals surface area (Å²) in [5.41, 5.74) is 3.16. The van der Waals surface area contributed by atoms with Gasteiger partial charge in [-0.2, -0.15) is 0 Å². The maximum Gasteiger partial charge on any atom is 0.573 e. The largest absolute Gasteiger partial charge is 0.573 e. The van der Waals surface area contributed by atoms with Crippen molar-refractivity contribution in [2.75, 3.05) is 0 Å². The second-order valence-electron chi connectivity index (χ2n) is 9.99. The van der Waals surface area contributed by atoms with Gasteiger partial charge < -0.3 is 4.74 Å². The Labute approximate surface area is 217 Å². The predicted octanol–water partition coefficient (Wildman–Crippen LogP) is 9.63. The molecule has 3 aromatic carbocycles. The molecule has 3 aromatic rings. The zero-order valence-corrected chi connectivity index (χ0v) is 20.9. The molecule has 0 saturated heterocycles. The smallest absolute Gasteiger partial charge is 0.403 e. The van der Waals surface area contributed by atoms with E-state index in [1.807, 2.05) is 37.3 Å².